The Morgan fingerprint density at radius 2 is 1.92 bits per heavy atom. The molecule has 2 atom stereocenters. The lowest BCUT2D eigenvalue weighted by Gasteiger charge is -2.32. The minimum Gasteiger partial charge on any atom is -0.367 e. The van der Waals surface area contributed by atoms with Crippen LogP contribution in [0.5, 0.6) is 0 Å². The fraction of sp³-hybridized carbons (Fsp3) is 0.259. The first-order valence-electron chi connectivity index (χ1n) is 11.8. The summed E-state index contributed by atoms with van der Waals surface area (Å²) in [7, 11) is 0. The maximum Gasteiger partial charge on any atom is 0.255 e. The number of piperidine rings is 1. The van der Waals surface area contributed by atoms with Crippen molar-refractivity contribution in [3.8, 4) is 0 Å². The molecular formula is C27H25BrCl2N4O2. The molecule has 36 heavy (non-hydrogen) atoms. The first-order valence-corrected chi connectivity index (χ1v) is 13.3. The summed E-state index contributed by atoms with van der Waals surface area (Å²) in [6, 6.07) is 18.3. The smallest absolute Gasteiger partial charge is 0.255 e. The van der Waals surface area contributed by atoms with Crippen LogP contribution in [0.1, 0.15) is 34.3 Å². The summed E-state index contributed by atoms with van der Waals surface area (Å²) < 4.78 is 0.786. The Bertz CT molecular complexity index is 1330. The zero-order valence-corrected chi connectivity index (χ0v) is 22.4. The number of anilines is 2. The Morgan fingerprint density at radius 3 is 2.69 bits per heavy atom. The van der Waals surface area contributed by atoms with Crippen LogP contribution in [0.2, 0.25) is 10.0 Å². The van der Waals surface area contributed by atoms with E-state index in [0.29, 0.717) is 33.4 Å². The molecule has 0 bridgehead atoms. The van der Waals surface area contributed by atoms with Crippen LogP contribution in [0.25, 0.3) is 0 Å². The number of carbonyl (C=O) groups excluding carboxylic acids is 2. The highest BCUT2D eigenvalue weighted by molar-refractivity contribution is 9.10. The highest BCUT2D eigenvalue weighted by Crippen LogP contribution is 2.43. The first-order chi connectivity index (χ1) is 17.3. The number of benzene rings is 3. The normalized spacial score (nSPS) is 21.0. The quantitative estimate of drug-likeness (QED) is 0.296. The van der Waals surface area contributed by atoms with E-state index in [2.05, 4.69) is 37.2 Å². The number of rotatable bonds is 6. The molecule has 2 amide bonds. The average molecular weight is 588 g/mol. The van der Waals surface area contributed by atoms with Gasteiger partial charge in [0.05, 0.1) is 5.56 Å². The number of hydrogen-bond donors (Lipinski definition) is 4. The minimum atomic E-state index is -1.19. The van der Waals surface area contributed by atoms with Crippen molar-refractivity contribution in [2.45, 2.75) is 30.8 Å². The molecule has 2 heterocycles. The Hall–Kier alpha value is -2.58. The van der Waals surface area contributed by atoms with Crippen LogP contribution in [0.3, 0.4) is 0 Å². The molecule has 9 heteroatoms. The average Bonchev–Trinajstić information content (AvgIpc) is 3.09. The van der Waals surface area contributed by atoms with Gasteiger partial charge in [-0.3, -0.25) is 9.59 Å². The van der Waals surface area contributed by atoms with Crippen LogP contribution in [-0.2, 0) is 16.8 Å². The molecule has 4 N–H and O–H groups in total. The Labute approximate surface area is 228 Å². The fourth-order valence-corrected chi connectivity index (χ4v) is 5.67. The summed E-state index contributed by atoms with van der Waals surface area (Å²) >= 11 is 16.0. The second kappa shape index (κ2) is 10.4. The molecule has 2 aliphatic heterocycles. The van der Waals surface area contributed by atoms with Gasteiger partial charge in [-0.05, 0) is 67.4 Å². The lowest BCUT2D eigenvalue weighted by Crippen LogP contribution is -2.47. The van der Waals surface area contributed by atoms with E-state index in [9.17, 15) is 9.59 Å². The van der Waals surface area contributed by atoms with Gasteiger partial charge in [0.2, 0.25) is 0 Å². The number of fused-ring (bicyclic) bond motifs is 1. The Balaban J connectivity index is 1.56. The predicted molar refractivity (Wildman–Crippen MR) is 148 cm³/mol. The third-order valence-corrected chi connectivity index (χ3v) is 7.61. The standard InChI is InChI=1S/C27H25BrCl2N4O2/c28-17-6-8-21(25(35)32-20-5-2-10-31-15-20)23(12-17)34-27(14-16-3-1-4-18(29)11-16)22-9-7-19(30)13-24(22)33-26(27)36/h1,3-4,6-9,11-13,20,31,34H,2,5,10,14-15H2,(H,32,35)(H,33,36). The van der Waals surface area contributed by atoms with Crippen LogP contribution in [0, 0.1) is 0 Å². The van der Waals surface area contributed by atoms with Gasteiger partial charge in [-0.25, -0.2) is 0 Å². The molecule has 1 fully saturated rings. The van der Waals surface area contributed by atoms with Crippen molar-refractivity contribution < 1.29 is 9.59 Å². The molecule has 3 aromatic carbocycles. The Morgan fingerprint density at radius 1 is 1.08 bits per heavy atom. The summed E-state index contributed by atoms with van der Waals surface area (Å²) in [6.45, 7) is 1.70. The van der Waals surface area contributed by atoms with Crippen LogP contribution < -0.4 is 21.3 Å². The van der Waals surface area contributed by atoms with E-state index in [1.807, 2.05) is 36.4 Å². The number of carbonyl (C=O) groups is 2. The summed E-state index contributed by atoms with van der Waals surface area (Å²) in [6.07, 6.45) is 2.25. The second-order valence-corrected chi connectivity index (χ2v) is 11.0. The van der Waals surface area contributed by atoms with Crippen molar-refractivity contribution in [2.75, 3.05) is 23.7 Å². The van der Waals surface area contributed by atoms with E-state index in [-0.39, 0.29) is 17.9 Å². The molecule has 0 aliphatic carbocycles. The van der Waals surface area contributed by atoms with E-state index in [4.69, 9.17) is 23.2 Å². The minimum absolute atomic E-state index is 0.0563. The van der Waals surface area contributed by atoms with Crippen molar-refractivity contribution in [1.82, 2.24) is 10.6 Å². The van der Waals surface area contributed by atoms with E-state index in [1.54, 1.807) is 24.3 Å². The molecule has 2 unspecified atom stereocenters. The molecule has 0 aromatic heterocycles. The largest absolute Gasteiger partial charge is 0.367 e. The molecule has 5 rings (SSSR count). The Kier molecular flexibility index (Phi) is 7.26. The monoisotopic (exact) mass is 586 g/mol. The molecule has 0 radical (unpaired) electrons. The van der Waals surface area contributed by atoms with Crippen molar-refractivity contribution in [2.24, 2.45) is 0 Å². The molecule has 6 nitrogen and oxygen atoms in total. The zero-order chi connectivity index (χ0) is 25.3. The van der Waals surface area contributed by atoms with Gasteiger partial charge >= 0.3 is 0 Å². The highest BCUT2D eigenvalue weighted by atomic mass is 79.9. The number of amides is 2. The second-order valence-electron chi connectivity index (χ2n) is 9.19. The molecule has 1 saturated heterocycles. The van der Waals surface area contributed by atoms with E-state index in [1.165, 1.54) is 0 Å². The number of nitrogens with one attached hydrogen (secondary N) is 4. The van der Waals surface area contributed by atoms with Gasteiger partial charge in [-0.15, -0.1) is 0 Å². The van der Waals surface area contributed by atoms with Crippen LogP contribution >= 0.6 is 39.1 Å². The van der Waals surface area contributed by atoms with Gasteiger partial charge < -0.3 is 21.3 Å². The fourth-order valence-electron chi connectivity index (χ4n) is 4.93. The van der Waals surface area contributed by atoms with Crippen LogP contribution in [0.15, 0.2) is 65.1 Å². The van der Waals surface area contributed by atoms with Crippen molar-refractivity contribution in [1.29, 1.82) is 0 Å². The van der Waals surface area contributed by atoms with E-state index >= 15 is 0 Å². The van der Waals surface area contributed by atoms with E-state index in [0.717, 1.165) is 41.5 Å². The predicted octanol–water partition coefficient (Wildman–Crippen LogP) is 5.74. The maximum absolute atomic E-state index is 13.7. The van der Waals surface area contributed by atoms with Crippen LogP contribution in [0.4, 0.5) is 11.4 Å². The van der Waals surface area contributed by atoms with Gasteiger partial charge in [0, 0.05) is 50.5 Å². The summed E-state index contributed by atoms with van der Waals surface area (Å²) in [5.74, 6) is -0.422. The SMILES string of the molecule is O=C(NC1CCCNC1)c1ccc(Br)cc1NC1(Cc2cccc(Cl)c2)C(=O)Nc2cc(Cl)ccc21. The molecule has 0 saturated carbocycles. The molecule has 0 spiro atoms. The zero-order valence-electron chi connectivity index (χ0n) is 19.3. The third-order valence-electron chi connectivity index (χ3n) is 6.64. The van der Waals surface area contributed by atoms with Gasteiger partial charge in [-0.2, -0.15) is 0 Å². The molecule has 186 valence electrons. The van der Waals surface area contributed by atoms with Crippen molar-refractivity contribution >= 4 is 62.3 Å². The summed E-state index contributed by atoms with van der Waals surface area (Å²) in [5, 5.41) is 14.0. The number of halogens is 3. The summed E-state index contributed by atoms with van der Waals surface area (Å²) in [5.41, 5.74) is 2.08. The highest BCUT2D eigenvalue weighted by Gasteiger charge is 2.47. The number of hydrogen-bond acceptors (Lipinski definition) is 4. The first kappa shape index (κ1) is 25.1. The van der Waals surface area contributed by atoms with Gasteiger partial charge in [0.1, 0.15) is 5.54 Å². The lowest BCUT2D eigenvalue weighted by atomic mass is 9.84. The van der Waals surface area contributed by atoms with Crippen molar-refractivity contribution in [3.63, 3.8) is 0 Å². The third kappa shape index (κ3) is 5.11. The van der Waals surface area contributed by atoms with E-state index < -0.39 is 5.54 Å². The molecule has 2 aliphatic rings. The molecular weight excluding hydrogens is 563 g/mol. The van der Waals surface area contributed by atoms with Crippen LogP contribution in [-0.4, -0.2) is 30.9 Å². The van der Waals surface area contributed by atoms with Gasteiger partial charge in [0.25, 0.3) is 11.8 Å². The van der Waals surface area contributed by atoms with Crippen molar-refractivity contribution in [3.05, 3.63) is 91.9 Å². The lowest BCUT2D eigenvalue weighted by molar-refractivity contribution is -0.119. The molecule has 3 aromatic rings. The summed E-state index contributed by atoms with van der Waals surface area (Å²) in [4.78, 5) is 27.0. The maximum atomic E-state index is 13.7. The van der Waals surface area contributed by atoms with Gasteiger partial charge in [0.15, 0.2) is 0 Å². The topological polar surface area (TPSA) is 82.3 Å². The van der Waals surface area contributed by atoms with Gasteiger partial charge in [-0.1, -0.05) is 57.3 Å².